The Hall–Kier alpha value is -2.60. The van der Waals surface area contributed by atoms with Gasteiger partial charge in [-0.05, 0) is 139 Å². The number of allylic oxidation sites excluding steroid dienone is 9. The van der Waals surface area contributed by atoms with E-state index in [4.69, 9.17) is 13.2 Å². The molecule has 0 saturated carbocycles. The van der Waals surface area contributed by atoms with Gasteiger partial charge < -0.3 is 0 Å². The quantitative estimate of drug-likeness (QED) is 0.230. The van der Waals surface area contributed by atoms with Crippen LogP contribution >= 0.6 is 0 Å². The van der Waals surface area contributed by atoms with Crippen molar-refractivity contribution in [3.63, 3.8) is 0 Å². The van der Waals surface area contributed by atoms with Crippen LogP contribution < -0.4 is 0 Å². The molecular weight excluding hydrogens is 480 g/mol. The summed E-state index contributed by atoms with van der Waals surface area (Å²) in [6.45, 7) is 43.8. The topological polar surface area (TPSA) is 0 Å². The van der Waals surface area contributed by atoms with Crippen LogP contribution in [0.3, 0.4) is 0 Å². The molecule has 0 saturated heterocycles. The summed E-state index contributed by atoms with van der Waals surface area (Å²) in [5, 5.41) is 0. The molecule has 1 aromatic carbocycles. The zero-order chi connectivity index (χ0) is 29.9. The van der Waals surface area contributed by atoms with Gasteiger partial charge in [-0.2, -0.15) is 0 Å². The minimum atomic E-state index is -0.123. The number of hydrogen-bond donors (Lipinski definition) is 0. The van der Waals surface area contributed by atoms with Gasteiger partial charge in [-0.3, -0.25) is 0 Å². The lowest BCUT2D eigenvalue weighted by atomic mass is 9.41. The number of unbranched alkanes of at least 4 members (excludes halogenated alkanes) is 1. The van der Waals surface area contributed by atoms with Gasteiger partial charge in [0, 0.05) is 5.41 Å². The van der Waals surface area contributed by atoms with Crippen molar-refractivity contribution in [2.24, 2.45) is 16.2 Å². The summed E-state index contributed by atoms with van der Waals surface area (Å²) >= 11 is 0. The van der Waals surface area contributed by atoms with Gasteiger partial charge in [0.1, 0.15) is 0 Å². The maximum atomic E-state index is 4.91. The van der Waals surface area contributed by atoms with Gasteiger partial charge in [-0.15, -0.1) is 6.58 Å². The number of hydrogen-bond acceptors (Lipinski definition) is 0. The van der Waals surface area contributed by atoms with E-state index < -0.39 is 0 Å². The largest absolute Gasteiger partial charge is 0.103 e. The van der Waals surface area contributed by atoms with Gasteiger partial charge >= 0.3 is 0 Å². The van der Waals surface area contributed by atoms with Gasteiger partial charge in [-0.25, -0.2) is 0 Å². The molecule has 0 radical (unpaired) electrons. The van der Waals surface area contributed by atoms with Crippen molar-refractivity contribution in [1.82, 2.24) is 0 Å². The Morgan fingerprint density at radius 3 is 2.27 bits per heavy atom. The Morgan fingerprint density at radius 2 is 1.70 bits per heavy atom. The minimum absolute atomic E-state index is 0.0512. The first-order chi connectivity index (χ1) is 18.5. The lowest BCUT2D eigenvalue weighted by Gasteiger charge is -2.62. The van der Waals surface area contributed by atoms with Crippen LogP contribution in [0.15, 0.2) is 84.0 Å². The Balaban J connectivity index is 1.92. The van der Waals surface area contributed by atoms with Crippen molar-refractivity contribution < 1.29 is 0 Å². The molecule has 0 aromatic heterocycles. The molecule has 0 heteroatoms. The van der Waals surface area contributed by atoms with Crippen molar-refractivity contribution >= 4 is 5.57 Å². The Bertz CT molecular complexity index is 1400. The van der Waals surface area contributed by atoms with Crippen molar-refractivity contribution in [3.8, 4) is 0 Å². The summed E-state index contributed by atoms with van der Waals surface area (Å²) < 4.78 is 0. The highest BCUT2D eigenvalue weighted by Gasteiger charge is 2.59. The van der Waals surface area contributed by atoms with Gasteiger partial charge in [0.05, 0.1) is 0 Å². The van der Waals surface area contributed by atoms with Gasteiger partial charge in [0.25, 0.3) is 0 Å². The molecule has 1 aromatic rings. The van der Waals surface area contributed by atoms with E-state index in [0.717, 1.165) is 50.5 Å². The number of fused-ring (bicyclic) bond motifs is 3. The third-order valence-corrected chi connectivity index (χ3v) is 11.1. The highest BCUT2D eigenvalue weighted by molar-refractivity contribution is 5.87. The molecule has 0 unspecified atom stereocenters. The average molecular weight is 535 g/mol. The van der Waals surface area contributed by atoms with Gasteiger partial charge in [-0.1, -0.05) is 95.4 Å². The summed E-state index contributed by atoms with van der Waals surface area (Å²) in [7, 11) is 0. The van der Waals surface area contributed by atoms with Crippen LogP contribution in [0, 0.1) is 23.2 Å². The molecule has 40 heavy (non-hydrogen) atoms. The molecule has 0 amide bonds. The number of rotatable bonds is 8. The second kappa shape index (κ2) is 10.3. The zero-order valence-corrected chi connectivity index (χ0v) is 27.2. The summed E-state index contributed by atoms with van der Waals surface area (Å²) in [5.41, 5.74) is 18.0. The van der Waals surface area contributed by atoms with E-state index in [2.05, 4.69) is 88.1 Å². The van der Waals surface area contributed by atoms with Crippen LogP contribution in [0.4, 0.5) is 0 Å². The van der Waals surface area contributed by atoms with Crippen LogP contribution in [0.5, 0.6) is 0 Å². The fourth-order valence-electron chi connectivity index (χ4n) is 9.24. The van der Waals surface area contributed by atoms with E-state index in [1.165, 1.54) is 66.8 Å². The lowest BCUT2D eigenvalue weighted by Crippen LogP contribution is -2.52. The van der Waals surface area contributed by atoms with E-state index in [9.17, 15) is 0 Å². The van der Waals surface area contributed by atoms with E-state index >= 15 is 0 Å². The lowest BCUT2D eigenvalue weighted by molar-refractivity contribution is 0.0543. The molecular formula is C40H54. The molecule has 0 aliphatic heterocycles. The Kier molecular flexibility index (Phi) is 7.85. The standard InChI is InChI=1S/C40H54/c1-15-16-17-18-26(6)19-32-20-33(24(2)3)34-22-38(12)23-39(13)21-27(7)35(25(4)5)30(10)40(39,14)31(11)37(38)29(9)36(34)28(32)8/h15,20,24H,1,4,6,9-10,16-19,21-23H2,2-3,5,7-8,11-14H3/t38-,39+,40-/m1/s1. The average Bonchev–Trinajstić information content (AvgIpc) is 2.82. The zero-order valence-electron chi connectivity index (χ0n) is 27.2. The normalized spacial score (nSPS) is 27.9. The van der Waals surface area contributed by atoms with Crippen molar-refractivity contribution in [1.29, 1.82) is 0 Å². The predicted octanol–water partition coefficient (Wildman–Crippen LogP) is 11.7. The number of benzene rings is 1. The molecule has 3 atom stereocenters. The maximum Gasteiger partial charge on any atom is 0.0194 e. The summed E-state index contributed by atoms with van der Waals surface area (Å²) in [5.74, 6) is 0.465. The van der Waals surface area contributed by atoms with Crippen molar-refractivity contribution in [2.45, 2.75) is 113 Å². The first-order valence-electron chi connectivity index (χ1n) is 15.4. The van der Waals surface area contributed by atoms with E-state index in [1.54, 1.807) is 0 Å². The second-order valence-electron chi connectivity index (χ2n) is 14.5. The predicted molar refractivity (Wildman–Crippen MR) is 178 cm³/mol. The van der Waals surface area contributed by atoms with E-state index in [1.807, 2.05) is 6.08 Å². The molecule has 0 fully saturated rings. The van der Waals surface area contributed by atoms with Crippen molar-refractivity contribution in [3.05, 3.63) is 112 Å². The summed E-state index contributed by atoms with van der Waals surface area (Å²) in [6.07, 6.45) is 9.49. The van der Waals surface area contributed by atoms with E-state index in [0.29, 0.717) is 5.92 Å². The first-order valence-corrected chi connectivity index (χ1v) is 15.4. The van der Waals surface area contributed by atoms with Crippen molar-refractivity contribution in [2.75, 3.05) is 0 Å². The molecule has 0 bridgehead atoms. The Labute approximate surface area is 246 Å². The molecule has 3 aliphatic rings. The Morgan fingerprint density at radius 1 is 1.05 bits per heavy atom. The second-order valence-corrected chi connectivity index (χ2v) is 14.5. The molecule has 3 aliphatic carbocycles. The van der Waals surface area contributed by atoms with Crippen LogP contribution in [-0.4, -0.2) is 0 Å². The fraction of sp³-hybridized carbons (Fsp3) is 0.500. The molecule has 214 valence electrons. The van der Waals surface area contributed by atoms with E-state index in [-0.39, 0.29) is 16.2 Å². The first kappa shape index (κ1) is 30.4. The fourth-order valence-corrected chi connectivity index (χ4v) is 9.24. The van der Waals surface area contributed by atoms with Gasteiger partial charge in [0.15, 0.2) is 0 Å². The minimum Gasteiger partial charge on any atom is -0.103 e. The van der Waals surface area contributed by atoms with Crippen LogP contribution in [0.2, 0.25) is 0 Å². The molecule has 0 nitrogen and oxygen atoms in total. The highest BCUT2D eigenvalue weighted by Crippen LogP contribution is 2.70. The smallest absolute Gasteiger partial charge is 0.0194 e. The third-order valence-electron chi connectivity index (χ3n) is 11.1. The van der Waals surface area contributed by atoms with Crippen LogP contribution in [0.1, 0.15) is 121 Å². The van der Waals surface area contributed by atoms with Gasteiger partial charge in [0.2, 0.25) is 0 Å². The van der Waals surface area contributed by atoms with Crippen LogP contribution in [-0.2, 0) is 12.8 Å². The molecule has 0 N–H and O–H groups in total. The monoisotopic (exact) mass is 534 g/mol. The molecule has 4 rings (SSSR count). The third kappa shape index (κ3) is 4.42. The molecule has 0 spiro atoms. The van der Waals surface area contributed by atoms with Crippen LogP contribution in [0.25, 0.3) is 5.57 Å². The summed E-state index contributed by atoms with van der Waals surface area (Å²) in [4.78, 5) is 0. The molecule has 0 heterocycles. The SMILES string of the molecule is C=CCCCC(=C)Cc1cc(C(C)C)c2c(c1C)C(=C)C1=C(C)[C@@]3(C)C(=C)C(C(=C)C)=C(C)C[C@@]3(C)C[C@@]1(C)C2. The maximum absolute atomic E-state index is 4.91. The summed E-state index contributed by atoms with van der Waals surface area (Å²) in [6, 6.07) is 2.51. The highest BCUT2D eigenvalue weighted by atomic mass is 14.6.